The van der Waals surface area contributed by atoms with Crippen LogP contribution >= 0.6 is 23.5 Å². The van der Waals surface area contributed by atoms with Crippen LogP contribution in [-0.4, -0.2) is 47.2 Å². The fraction of sp³-hybridized carbons (Fsp3) is 0.409. The summed E-state index contributed by atoms with van der Waals surface area (Å²) in [4.78, 5) is 11.7. The highest BCUT2D eigenvalue weighted by molar-refractivity contribution is 8.19. The van der Waals surface area contributed by atoms with Gasteiger partial charge in [-0.1, -0.05) is 0 Å². The van der Waals surface area contributed by atoms with Crippen molar-refractivity contribution in [2.24, 2.45) is 0 Å². The zero-order valence-corrected chi connectivity index (χ0v) is 20.1. The molecule has 7 nitrogen and oxygen atoms in total. The summed E-state index contributed by atoms with van der Waals surface area (Å²) in [5.74, 6) is 3.71. The van der Waals surface area contributed by atoms with E-state index in [4.69, 9.17) is 23.7 Å². The minimum absolute atomic E-state index is 0.163. The van der Waals surface area contributed by atoms with Gasteiger partial charge in [-0.15, -0.1) is 23.5 Å². The second kappa shape index (κ2) is 10.3. The second-order valence-corrected chi connectivity index (χ2v) is 9.48. The molecule has 0 aromatic heterocycles. The maximum Gasteiger partial charge on any atom is 0.221 e. The van der Waals surface area contributed by atoms with E-state index in [1.165, 1.54) is 6.92 Å². The number of ether oxygens (including phenoxy) is 5. The van der Waals surface area contributed by atoms with E-state index in [1.54, 1.807) is 35.5 Å². The Hall–Kier alpha value is -2.39. The molecule has 1 aliphatic rings. The molecular formula is C22H27NO6S2. The maximum atomic E-state index is 11.7. The molecule has 1 amide bonds. The molecule has 3 rings (SSSR count). The molecule has 1 heterocycles. The fourth-order valence-electron chi connectivity index (χ4n) is 3.44. The Bertz CT molecular complexity index is 927. The van der Waals surface area contributed by atoms with Crippen LogP contribution in [0.15, 0.2) is 24.3 Å². The molecule has 0 aliphatic carbocycles. The molecule has 2 atom stereocenters. The number of rotatable bonds is 8. The van der Waals surface area contributed by atoms with Gasteiger partial charge in [0.1, 0.15) is 0 Å². The summed E-state index contributed by atoms with van der Waals surface area (Å²) in [6.45, 7) is 1.47. The van der Waals surface area contributed by atoms with Crippen LogP contribution in [0.1, 0.15) is 27.9 Å². The monoisotopic (exact) mass is 465 g/mol. The third kappa shape index (κ3) is 4.93. The summed E-state index contributed by atoms with van der Waals surface area (Å²) in [5, 5.41) is 3.08. The Morgan fingerprint density at radius 1 is 0.839 bits per heavy atom. The third-order valence-corrected chi connectivity index (χ3v) is 8.17. The third-order valence-electron chi connectivity index (χ3n) is 4.83. The minimum atomic E-state index is -0.167. The van der Waals surface area contributed by atoms with Crippen molar-refractivity contribution in [2.75, 3.05) is 46.6 Å². The van der Waals surface area contributed by atoms with Crippen LogP contribution in [0.25, 0.3) is 0 Å². The van der Waals surface area contributed by atoms with Gasteiger partial charge in [-0.3, -0.25) is 4.79 Å². The molecule has 9 heteroatoms. The lowest BCUT2D eigenvalue weighted by atomic mass is 10.1. The molecule has 1 saturated heterocycles. The van der Waals surface area contributed by atoms with Gasteiger partial charge >= 0.3 is 0 Å². The van der Waals surface area contributed by atoms with E-state index in [9.17, 15) is 4.79 Å². The van der Waals surface area contributed by atoms with Crippen LogP contribution in [0, 0.1) is 0 Å². The molecule has 1 aliphatic heterocycles. The Kier molecular flexibility index (Phi) is 7.72. The number of carbonyl (C=O) groups is 1. The Morgan fingerprint density at radius 3 is 1.90 bits per heavy atom. The van der Waals surface area contributed by atoms with E-state index < -0.39 is 0 Å². The van der Waals surface area contributed by atoms with E-state index in [0.29, 0.717) is 34.4 Å². The second-order valence-electron chi connectivity index (χ2n) is 6.73. The number of thioether (sulfide) groups is 2. The van der Waals surface area contributed by atoms with Crippen LogP contribution in [0.4, 0.5) is 5.69 Å². The zero-order chi connectivity index (χ0) is 22.5. The highest BCUT2D eigenvalue weighted by atomic mass is 32.2. The lowest BCUT2D eigenvalue weighted by Crippen LogP contribution is -2.08. The van der Waals surface area contributed by atoms with E-state index in [2.05, 4.69) is 5.32 Å². The van der Waals surface area contributed by atoms with E-state index in [-0.39, 0.29) is 15.7 Å². The number of hydrogen-bond donors (Lipinski definition) is 1. The minimum Gasteiger partial charge on any atom is -0.493 e. The molecule has 168 valence electrons. The number of anilines is 1. The highest BCUT2D eigenvalue weighted by Gasteiger charge is 2.31. The topological polar surface area (TPSA) is 75.3 Å². The first-order valence-electron chi connectivity index (χ1n) is 9.56. The number of benzene rings is 2. The molecule has 2 unspecified atom stereocenters. The summed E-state index contributed by atoms with van der Waals surface area (Å²) < 4.78 is 27.6. The van der Waals surface area contributed by atoms with Gasteiger partial charge in [0, 0.05) is 17.9 Å². The van der Waals surface area contributed by atoms with Crippen molar-refractivity contribution >= 4 is 35.1 Å². The van der Waals surface area contributed by atoms with Crippen LogP contribution < -0.4 is 29.0 Å². The average molecular weight is 466 g/mol. The summed E-state index contributed by atoms with van der Waals surface area (Å²) in [5.41, 5.74) is 2.75. The van der Waals surface area contributed by atoms with Crippen LogP contribution in [0.5, 0.6) is 28.7 Å². The van der Waals surface area contributed by atoms with E-state index in [1.807, 2.05) is 47.8 Å². The van der Waals surface area contributed by atoms with Crippen molar-refractivity contribution in [1.82, 2.24) is 0 Å². The van der Waals surface area contributed by atoms with Gasteiger partial charge in [0.2, 0.25) is 11.7 Å². The lowest BCUT2D eigenvalue weighted by molar-refractivity contribution is -0.114. The Labute approximate surface area is 191 Å². The first-order chi connectivity index (χ1) is 14.9. The Morgan fingerprint density at radius 2 is 1.39 bits per heavy atom. The van der Waals surface area contributed by atoms with Gasteiger partial charge in [0.15, 0.2) is 23.0 Å². The van der Waals surface area contributed by atoms with Crippen molar-refractivity contribution in [3.8, 4) is 28.7 Å². The molecule has 2 aromatic rings. The van der Waals surface area contributed by atoms with Crippen LogP contribution in [0.2, 0.25) is 0 Å². The van der Waals surface area contributed by atoms with Crippen LogP contribution in [-0.2, 0) is 4.79 Å². The predicted molar refractivity (Wildman–Crippen MR) is 125 cm³/mol. The molecular weight excluding hydrogens is 438 g/mol. The molecule has 0 saturated carbocycles. The quantitative estimate of drug-likeness (QED) is 0.590. The van der Waals surface area contributed by atoms with Gasteiger partial charge in [-0.05, 0) is 35.4 Å². The molecule has 0 radical (unpaired) electrons. The van der Waals surface area contributed by atoms with Gasteiger partial charge in [0.05, 0.1) is 45.8 Å². The maximum absolute atomic E-state index is 11.7. The standard InChI is InChI=1S/C22H27NO6S2/c1-12(24)23-15-7-14(10-16(25-2)20(15)28-5)22-30-11-19(31-22)13-8-17(26-3)21(29-6)18(9-13)27-4/h7-10,19,22H,11H2,1-6H3,(H,23,24). The number of carbonyl (C=O) groups excluding carboxylic acids is 1. The first kappa shape index (κ1) is 23.3. The van der Waals surface area contributed by atoms with Gasteiger partial charge in [-0.25, -0.2) is 0 Å². The van der Waals surface area contributed by atoms with Crippen molar-refractivity contribution in [3.05, 3.63) is 35.4 Å². The number of hydrogen-bond acceptors (Lipinski definition) is 8. The summed E-state index contributed by atoms with van der Waals surface area (Å²) in [6, 6.07) is 7.91. The zero-order valence-electron chi connectivity index (χ0n) is 18.4. The van der Waals surface area contributed by atoms with E-state index in [0.717, 1.165) is 16.9 Å². The van der Waals surface area contributed by atoms with Crippen molar-refractivity contribution in [1.29, 1.82) is 0 Å². The largest absolute Gasteiger partial charge is 0.493 e. The Balaban J connectivity index is 1.91. The average Bonchev–Trinajstić information content (AvgIpc) is 3.27. The molecule has 0 spiro atoms. The summed E-state index contributed by atoms with van der Waals surface area (Å²) in [6.07, 6.45) is 0. The lowest BCUT2D eigenvalue weighted by Gasteiger charge is -2.18. The van der Waals surface area contributed by atoms with Crippen molar-refractivity contribution < 1.29 is 28.5 Å². The van der Waals surface area contributed by atoms with Crippen molar-refractivity contribution in [3.63, 3.8) is 0 Å². The van der Waals surface area contributed by atoms with Crippen LogP contribution in [0.3, 0.4) is 0 Å². The number of methoxy groups -OCH3 is 5. The molecule has 31 heavy (non-hydrogen) atoms. The van der Waals surface area contributed by atoms with Crippen molar-refractivity contribution in [2.45, 2.75) is 16.8 Å². The SMILES string of the molecule is COc1cc(C2SCC(c3cc(OC)c(OC)c(OC)c3)S2)cc(NC(C)=O)c1OC. The van der Waals surface area contributed by atoms with Gasteiger partial charge < -0.3 is 29.0 Å². The summed E-state index contributed by atoms with van der Waals surface area (Å²) >= 11 is 3.67. The molecule has 2 aromatic carbocycles. The predicted octanol–water partition coefficient (Wildman–Crippen LogP) is 4.91. The smallest absolute Gasteiger partial charge is 0.221 e. The molecule has 1 fully saturated rings. The summed E-state index contributed by atoms with van der Waals surface area (Å²) in [7, 11) is 7.98. The fourth-order valence-corrected chi connectivity index (χ4v) is 6.70. The normalized spacial score (nSPS) is 17.7. The van der Waals surface area contributed by atoms with Gasteiger partial charge in [-0.2, -0.15) is 0 Å². The first-order valence-corrected chi connectivity index (χ1v) is 11.5. The van der Waals surface area contributed by atoms with Gasteiger partial charge in [0.25, 0.3) is 0 Å². The molecule has 0 bridgehead atoms. The number of nitrogens with one attached hydrogen (secondary N) is 1. The number of amides is 1. The highest BCUT2D eigenvalue weighted by Crippen LogP contribution is 2.58. The van der Waals surface area contributed by atoms with E-state index >= 15 is 0 Å². The molecule has 1 N–H and O–H groups in total.